The van der Waals surface area contributed by atoms with Crippen molar-refractivity contribution < 1.29 is 4.79 Å². The molecule has 1 aliphatic heterocycles. The smallest absolute Gasteiger partial charge is 0.244 e. The number of benzene rings is 2. The molecule has 1 heterocycles. The zero-order chi connectivity index (χ0) is 15.9. The summed E-state index contributed by atoms with van der Waals surface area (Å²) < 4.78 is 0. The fourth-order valence-electron chi connectivity index (χ4n) is 3.02. The van der Waals surface area contributed by atoms with Crippen LogP contribution >= 0.6 is 0 Å². The predicted octanol–water partition coefficient (Wildman–Crippen LogP) is 3.49. The Kier molecular flexibility index (Phi) is 5.09. The zero-order valence-electron chi connectivity index (χ0n) is 13.2. The third-order valence-electron chi connectivity index (χ3n) is 4.20. The maximum Gasteiger partial charge on any atom is 0.244 e. The van der Waals surface area contributed by atoms with Gasteiger partial charge in [0.05, 0.1) is 0 Å². The summed E-state index contributed by atoms with van der Waals surface area (Å²) in [5, 5.41) is 3.03. The van der Waals surface area contributed by atoms with Crippen molar-refractivity contribution in [3.05, 3.63) is 72.3 Å². The van der Waals surface area contributed by atoms with Gasteiger partial charge in [-0.05, 0) is 36.6 Å². The summed E-state index contributed by atoms with van der Waals surface area (Å²) in [6.45, 7) is 1.75. The second-order valence-electron chi connectivity index (χ2n) is 5.81. The van der Waals surface area contributed by atoms with Crippen LogP contribution in [0.3, 0.4) is 0 Å². The second kappa shape index (κ2) is 7.63. The van der Waals surface area contributed by atoms with Gasteiger partial charge in [-0.15, -0.1) is 0 Å². The van der Waals surface area contributed by atoms with E-state index in [1.807, 2.05) is 42.5 Å². The molecule has 0 aromatic heterocycles. The fourth-order valence-corrected chi connectivity index (χ4v) is 3.02. The lowest BCUT2D eigenvalue weighted by atomic mass is 10.2. The summed E-state index contributed by atoms with van der Waals surface area (Å²) in [5.74, 6) is -0.0336. The zero-order valence-corrected chi connectivity index (χ0v) is 13.2. The van der Waals surface area contributed by atoms with E-state index in [2.05, 4.69) is 34.5 Å². The first-order valence-corrected chi connectivity index (χ1v) is 8.15. The molecule has 0 unspecified atom stereocenters. The summed E-state index contributed by atoms with van der Waals surface area (Å²) >= 11 is 0. The van der Waals surface area contributed by atoms with Crippen LogP contribution in [-0.2, 0) is 4.79 Å². The normalized spacial score (nSPS) is 17.6. The van der Waals surface area contributed by atoms with E-state index >= 15 is 0 Å². The number of para-hydroxylation sites is 1. The Labute approximate surface area is 137 Å². The van der Waals surface area contributed by atoms with Crippen LogP contribution in [-0.4, -0.2) is 25.0 Å². The van der Waals surface area contributed by atoms with E-state index in [4.69, 9.17) is 0 Å². The van der Waals surface area contributed by atoms with Crippen molar-refractivity contribution >= 4 is 17.7 Å². The van der Waals surface area contributed by atoms with Gasteiger partial charge in [0.2, 0.25) is 5.91 Å². The van der Waals surface area contributed by atoms with Gasteiger partial charge < -0.3 is 10.2 Å². The largest absolute Gasteiger partial charge is 0.367 e. The topological polar surface area (TPSA) is 32.3 Å². The van der Waals surface area contributed by atoms with Gasteiger partial charge in [0, 0.05) is 30.9 Å². The first-order chi connectivity index (χ1) is 11.3. The van der Waals surface area contributed by atoms with Crippen molar-refractivity contribution in [3.8, 4) is 0 Å². The van der Waals surface area contributed by atoms with Crippen molar-refractivity contribution in [3.63, 3.8) is 0 Å². The second-order valence-corrected chi connectivity index (χ2v) is 5.81. The molecule has 3 nitrogen and oxygen atoms in total. The van der Waals surface area contributed by atoms with Gasteiger partial charge in [-0.25, -0.2) is 0 Å². The third kappa shape index (κ3) is 4.22. The Morgan fingerprint density at radius 2 is 1.78 bits per heavy atom. The summed E-state index contributed by atoms with van der Waals surface area (Å²) in [4.78, 5) is 14.4. The van der Waals surface area contributed by atoms with E-state index in [1.165, 1.54) is 12.1 Å². The first-order valence-electron chi connectivity index (χ1n) is 8.15. The summed E-state index contributed by atoms with van der Waals surface area (Å²) in [6.07, 6.45) is 5.75. The van der Waals surface area contributed by atoms with E-state index in [1.54, 1.807) is 6.08 Å². The molecule has 3 rings (SSSR count). The highest BCUT2D eigenvalue weighted by molar-refractivity contribution is 5.91. The minimum absolute atomic E-state index is 0.0336. The molecule has 3 heteroatoms. The first kappa shape index (κ1) is 15.3. The van der Waals surface area contributed by atoms with Crippen molar-refractivity contribution in [1.29, 1.82) is 0 Å². The van der Waals surface area contributed by atoms with Crippen LogP contribution in [0.5, 0.6) is 0 Å². The van der Waals surface area contributed by atoms with Crippen molar-refractivity contribution in [2.45, 2.75) is 18.9 Å². The molecule has 0 bridgehead atoms. The van der Waals surface area contributed by atoms with E-state index in [9.17, 15) is 4.79 Å². The number of hydrogen-bond donors (Lipinski definition) is 1. The fraction of sp³-hybridized carbons (Fsp3) is 0.250. The van der Waals surface area contributed by atoms with Gasteiger partial charge in [0.25, 0.3) is 0 Å². The Bertz CT molecular complexity index is 652. The van der Waals surface area contributed by atoms with Gasteiger partial charge in [-0.1, -0.05) is 48.5 Å². The highest BCUT2D eigenvalue weighted by Gasteiger charge is 2.24. The molecule has 1 saturated heterocycles. The number of nitrogens with one attached hydrogen (secondary N) is 1. The minimum Gasteiger partial charge on any atom is -0.367 e. The quantitative estimate of drug-likeness (QED) is 0.858. The van der Waals surface area contributed by atoms with Crippen LogP contribution in [0.4, 0.5) is 5.69 Å². The van der Waals surface area contributed by atoms with Crippen LogP contribution in [0, 0.1) is 0 Å². The Morgan fingerprint density at radius 3 is 2.52 bits per heavy atom. The average molecular weight is 306 g/mol. The molecule has 1 N–H and O–H groups in total. The molecule has 2 aromatic rings. The van der Waals surface area contributed by atoms with Crippen LogP contribution in [0.1, 0.15) is 18.4 Å². The van der Waals surface area contributed by atoms with Gasteiger partial charge >= 0.3 is 0 Å². The molecular formula is C20H22N2O. The van der Waals surface area contributed by atoms with Gasteiger partial charge in [-0.3, -0.25) is 4.79 Å². The molecule has 1 aliphatic rings. The molecular weight excluding hydrogens is 284 g/mol. The molecule has 118 valence electrons. The van der Waals surface area contributed by atoms with Crippen molar-refractivity contribution in [2.75, 3.05) is 18.0 Å². The number of carbonyl (C=O) groups is 1. The molecule has 0 spiro atoms. The number of amides is 1. The number of carbonyl (C=O) groups excluding carboxylic acids is 1. The third-order valence-corrected chi connectivity index (χ3v) is 4.20. The van der Waals surface area contributed by atoms with Gasteiger partial charge in [0.1, 0.15) is 0 Å². The van der Waals surface area contributed by atoms with Gasteiger partial charge in [-0.2, -0.15) is 0 Å². The standard InChI is InChI=1S/C20H22N2O/c23-20(14-13-17-8-3-1-4-9-17)21-16-19-12-7-15-22(19)18-10-5-2-6-11-18/h1-6,8-11,13-14,19H,7,12,15-16H2,(H,21,23)/b14-13+/t19-/m1/s1. The number of hydrogen-bond acceptors (Lipinski definition) is 2. The highest BCUT2D eigenvalue weighted by Crippen LogP contribution is 2.24. The summed E-state index contributed by atoms with van der Waals surface area (Å²) in [5.41, 5.74) is 2.28. The van der Waals surface area contributed by atoms with Crippen LogP contribution in [0.15, 0.2) is 66.7 Å². The maximum absolute atomic E-state index is 12.0. The molecule has 1 fully saturated rings. The minimum atomic E-state index is -0.0336. The van der Waals surface area contributed by atoms with Crippen molar-refractivity contribution in [2.24, 2.45) is 0 Å². The van der Waals surface area contributed by atoms with E-state index in [0.717, 1.165) is 18.5 Å². The number of nitrogens with zero attached hydrogens (tertiary/aromatic N) is 1. The van der Waals surface area contributed by atoms with Crippen LogP contribution < -0.4 is 10.2 Å². The van der Waals surface area contributed by atoms with Crippen molar-refractivity contribution in [1.82, 2.24) is 5.32 Å². The summed E-state index contributed by atoms with van der Waals surface area (Å²) in [6, 6.07) is 20.7. The molecule has 1 amide bonds. The maximum atomic E-state index is 12.0. The highest BCUT2D eigenvalue weighted by atomic mass is 16.1. The Hall–Kier alpha value is -2.55. The van der Waals surface area contributed by atoms with Gasteiger partial charge in [0.15, 0.2) is 0 Å². The Balaban J connectivity index is 1.53. The molecule has 0 aliphatic carbocycles. The van der Waals surface area contributed by atoms with Crippen LogP contribution in [0.25, 0.3) is 6.08 Å². The predicted molar refractivity (Wildman–Crippen MR) is 95.3 cm³/mol. The Morgan fingerprint density at radius 1 is 1.09 bits per heavy atom. The SMILES string of the molecule is O=C(/C=C/c1ccccc1)NC[C@H]1CCCN1c1ccccc1. The number of rotatable bonds is 5. The average Bonchev–Trinajstić information content (AvgIpc) is 3.08. The lowest BCUT2D eigenvalue weighted by molar-refractivity contribution is -0.116. The lowest BCUT2D eigenvalue weighted by Crippen LogP contribution is -2.39. The molecule has 23 heavy (non-hydrogen) atoms. The van der Waals surface area contributed by atoms with E-state index in [-0.39, 0.29) is 5.91 Å². The molecule has 2 aromatic carbocycles. The number of anilines is 1. The molecule has 1 atom stereocenters. The summed E-state index contributed by atoms with van der Waals surface area (Å²) in [7, 11) is 0. The van der Waals surface area contributed by atoms with E-state index in [0.29, 0.717) is 12.6 Å². The monoisotopic (exact) mass is 306 g/mol. The van der Waals surface area contributed by atoms with Crippen LogP contribution in [0.2, 0.25) is 0 Å². The lowest BCUT2D eigenvalue weighted by Gasteiger charge is -2.26. The van der Waals surface area contributed by atoms with E-state index < -0.39 is 0 Å². The molecule has 0 radical (unpaired) electrons. The molecule has 0 saturated carbocycles.